The first-order valence-electron chi connectivity index (χ1n) is 10.4. The second kappa shape index (κ2) is 10.1. The lowest BCUT2D eigenvalue weighted by Crippen LogP contribution is -2.25. The van der Waals surface area contributed by atoms with Gasteiger partial charge in [0.15, 0.2) is 11.0 Å². The first kappa shape index (κ1) is 22.8. The average molecular weight is 521 g/mol. The Morgan fingerprint density at radius 3 is 2.94 bits per heavy atom. The molecule has 1 unspecified atom stereocenters. The van der Waals surface area contributed by atoms with Gasteiger partial charge in [0.1, 0.15) is 11.5 Å². The summed E-state index contributed by atoms with van der Waals surface area (Å²) in [7, 11) is 1.43. The molecule has 0 bridgehead atoms. The van der Waals surface area contributed by atoms with E-state index in [1.807, 2.05) is 18.2 Å². The number of nitrogens with zero attached hydrogens (tertiary/aromatic N) is 1. The van der Waals surface area contributed by atoms with E-state index in [-0.39, 0.29) is 17.3 Å². The van der Waals surface area contributed by atoms with Crippen LogP contribution in [0.15, 0.2) is 56.1 Å². The van der Waals surface area contributed by atoms with E-state index >= 15 is 0 Å². The van der Waals surface area contributed by atoms with Crippen LogP contribution in [0, 0.1) is 5.92 Å². The van der Waals surface area contributed by atoms with Gasteiger partial charge in [-0.1, -0.05) is 33.6 Å². The molecule has 0 spiro atoms. The van der Waals surface area contributed by atoms with Crippen LogP contribution in [0.25, 0.3) is 22.3 Å². The SMILES string of the molecule is COC(=O)C1CCN(CCCOc2cc(Br)ccc2-c2cc(=O)c3cccc(Cl)c3o2)C1. The first-order valence-corrected chi connectivity index (χ1v) is 11.6. The molecule has 0 radical (unpaired) electrons. The van der Waals surface area contributed by atoms with Gasteiger partial charge in [0.25, 0.3) is 0 Å². The Morgan fingerprint density at radius 1 is 1.28 bits per heavy atom. The molecule has 1 aliphatic heterocycles. The van der Waals surface area contributed by atoms with Crippen molar-refractivity contribution in [2.75, 3.05) is 33.4 Å². The zero-order valence-corrected chi connectivity index (χ0v) is 19.9. The minimum atomic E-state index is -0.160. The fourth-order valence-corrected chi connectivity index (χ4v) is 4.51. The van der Waals surface area contributed by atoms with Gasteiger partial charge in [-0.25, -0.2) is 0 Å². The largest absolute Gasteiger partial charge is 0.493 e. The van der Waals surface area contributed by atoms with Crippen molar-refractivity contribution in [2.45, 2.75) is 12.8 Å². The van der Waals surface area contributed by atoms with E-state index in [1.54, 1.807) is 18.2 Å². The number of carbonyl (C=O) groups is 1. The van der Waals surface area contributed by atoms with Crippen molar-refractivity contribution in [1.82, 2.24) is 4.90 Å². The molecule has 0 N–H and O–H groups in total. The molecule has 2 aromatic carbocycles. The van der Waals surface area contributed by atoms with Gasteiger partial charge in [-0.3, -0.25) is 9.59 Å². The maximum atomic E-state index is 12.6. The predicted octanol–water partition coefficient (Wildman–Crippen LogP) is 5.14. The zero-order valence-electron chi connectivity index (χ0n) is 17.6. The lowest BCUT2D eigenvalue weighted by Gasteiger charge is -2.16. The normalized spacial score (nSPS) is 16.4. The number of benzene rings is 2. The molecular weight excluding hydrogens is 498 g/mol. The van der Waals surface area contributed by atoms with Crippen molar-refractivity contribution >= 4 is 44.5 Å². The van der Waals surface area contributed by atoms with Gasteiger partial charge in [-0.15, -0.1) is 0 Å². The van der Waals surface area contributed by atoms with Crippen molar-refractivity contribution in [3.63, 3.8) is 0 Å². The van der Waals surface area contributed by atoms with Crippen molar-refractivity contribution in [2.24, 2.45) is 5.92 Å². The lowest BCUT2D eigenvalue weighted by atomic mass is 10.1. The van der Waals surface area contributed by atoms with Gasteiger partial charge in [0.2, 0.25) is 0 Å². The number of hydrogen-bond acceptors (Lipinski definition) is 6. The molecule has 6 nitrogen and oxygen atoms in total. The molecule has 0 amide bonds. The van der Waals surface area contributed by atoms with E-state index in [0.29, 0.717) is 39.7 Å². The highest BCUT2D eigenvalue weighted by molar-refractivity contribution is 9.10. The third-order valence-corrected chi connectivity index (χ3v) is 6.39. The number of para-hydroxylation sites is 1. The summed E-state index contributed by atoms with van der Waals surface area (Å²) in [5.74, 6) is 0.834. The summed E-state index contributed by atoms with van der Waals surface area (Å²) in [4.78, 5) is 26.5. The summed E-state index contributed by atoms with van der Waals surface area (Å²) in [6.45, 7) is 2.92. The number of fused-ring (bicyclic) bond motifs is 1. The van der Waals surface area contributed by atoms with Crippen LogP contribution in [0.2, 0.25) is 5.02 Å². The average Bonchev–Trinajstić information content (AvgIpc) is 3.26. The number of hydrogen-bond donors (Lipinski definition) is 0. The van der Waals surface area contributed by atoms with Gasteiger partial charge < -0.3 is 18.8 Å². The third kappa shape index (κ3) is 5.00. The fraction of sp³-hybridized carbons (Fsp3) is 0.333. The van der Waals surface area contributed by atoms with Crippen LogP contribution in [0.5, 0.6) is 5.75 Å². The molecule has 1 fully saturated rings. The highest BCUT2D eigenvalue weighted by atomic mass is 79.9. The second-order valence-electron chi connectivity index (χ2n) is 7.74. The van der Waals surface area contributed by atoms with Gasteiger partial charge in [0.05, 0.1) is 35.6 Å². The van der Waals surface area contributed by atoms with E-state index < -0.39 is 0 Å². The first-order chi connectivity index (χ1) is 15.5. The summed E-state index contributed by atoms with van der Waals surface area (Å²) in [5.41, 5.74) is 0.880. The summed E-state index contributed by atoms with van der Waals surface area (Å²) in [6, 6.07) is 12.2. The van der Waals surface area contributed by atoms with Crippen LogP contribution in [-0.4, -0.2) is 44.2 Å². The molecule has 1 aromatic heterocycles. The van der Waals surface area contributed by atoms with Gasteiger partial charge in [-0.05, 0) is 49.7 Å². The van der Waals surface area contributed by atoms with Crippen LogP contribution >= 0.6 is 27.5 Å². The summed E-state index contributed by atoms with van der Waals surface area (Å²) >= 11 is 9.73. The molecule has 1 aliphatic rings. The molecule has 4 rings (SSSR count). The summed E-state index contributed by atoms with van der Waals surface area (Å²) in [5, 5.41) is 0.827. The van der Waals surface area contributed by atoms with Crippen LogP contribution in [0.3, 0.4) is 0 Å². The van der Waals surface area contributed by atoms with Gasteiger partial charge in [-0.2, -0.15) is 0 Å². The molecular formula is C24H23BrClNO5. The monoisotopic (exact) mass is 519 g/mol. The van der Waals surface area contributed by atoms with Crippen LogP contribution < -0.4 is 10.2 Å². The van der Waals surface area contributed by atoms with E-state index in [0.717, 1.165) is 36.9 Å². The van der Waals surface area contributed by atoms with Crippen molar-refractivity contribution in [3.8, 4) is 17.1 Å². The minimum absolute atomic E-state index is 0.0415. The molecule has 2 heterocycles. The van der Waals surface area contributed by atoms with Gasteiger partial charge in [0, 0.05) is 23.6 Å². The van der Waals surface area contributed by atoms with Crippen LogP contribution in [0.1, 0.15) is 12.8 Å². The van der Waals surface area contributed by atoms with E-state index in [2.05, 4.69) is 20.8 Å². The smallest absolute Gasteiger partial charge is 0.310 e. The van der Waals surface area contributed by atoms with Crippen LogP contribution in [0.4, 0.5) is 0 Å². The molecule has 32 heavy (non-hydrogen) atoms. The number of rotatable bonds is 7. The molecule has 168 valence electrons. The molecule has 0 aliphatic carbocycles. The Hall–Kier alpha value is -2.35. The number of carbonyl (C=O) groups excluding carboxylic acids is 1. The topological polar surface area (TPSA) is 69.0 Å². The van der Waals surface area contributed by atoms with Gasteiger partial charge >= 0.3 is 5.97 Å². The molecule has 8 heteroatoms. The standard InChI is InChI=1S/C24H23BrClNO5/c1-30-24(29)15-8-10-27(14-15)9-3-11-31-21-12-16(25)6-7-18(21)22-13-20(28)17-4-2-5-19(26)23(17)32-22/h2,4-7,12-13,15H,3,8-11,14H2,1H3. The highest BCUT2D eigenvalue weighted by Crippen LogP contribution is 2.34. The Labute approximate surface area is 199 Å². The molecule has 3 aromatic rings. The van der Waals surface area contributed by atoms with E-state index in [9.17, 15) is 9.59 Å². The van der Waals surface area contributed by atoms with E-state index in [4.69, 9.17) is 25.5 Å². The quantitative estimate of drug-likeness (QED) is 0.317. The zero-order chi connectivity index (χ0) is 22.7. The third-order valence-electron chi connectivity index (χ3n) is 5.60. The number of ether oxygens (including phenoxy) is 2. The Morgan fingerprint density at radius 2 is 2.12 bits per heavy atom. The predicted molar refractivity (Wildman–Crippen MR) is 127 cm³/mol. The minimum Gasteiger partial charge on any atom is -0.493 e. The maximum Gasteiger partial charge on any atom is 0.310 e. The highest BCUT2D eigenvalue weighted by Gasteiger charge is 2.28. The Kier molecular flexibility index (Phi) is 7.18. The lowest BCUT2D eigenvalue weighted by molar-refractivity contribution is -0.144. The second-order valence-corrected chi connectivity index (χ2v) is 9.07. The molecule has 0 saturated carbocycles. The number of halogens is 2. The number of methoxy groups -OCH3 is 1. The van der Waals surface area contributed by atoms with Crippen molar-refractivity contribution < 1.29 is 18.7 Å². The Balaban J connectivity index is 1.47. The fourth-order valence-electron chi connectivity index (χ4n) is 3.96. The molecule has 1 saturated heterocycles. The maximum absolute atomic E-state index is 12.6. The number of esters is 1. The Bertz CT molecular complexity index is 1190. The van der Waals surface area contributed by atoms with Crippen molar-refractivity contribution in [3.05, 3.63) is 62.2 Å². The van der Waals surface area contributed by atoms with Crippen molar-refractivity contribution in [1.29, 1.82) is 0 Å². The summed E-state index contributed by atoms with van der Waals surface area (Å²) in [6.07, 6.45) is 1.63. The summed E-state index contributed by atoms with van der Waals surface area (Å²) < 4.78 is 17.8. The number of likely N-dealkylation sites (tertiary alicyclic amines) is 1. The van der Waals surface area contributed by atoms with Crippen LogP contribution in [-0.2, 0) is 9.53 Å². The van der Waals surface area contributed by atoms with E-state index in [1.165, 1.54) is 13.2 Å². The molecule has 1 atom stereocenters.